The number of thiophene rings is 1. The van der Waals surface area contributed by atoms with Crippen molar-refractivity contribution < 1.29 is 0 Å². The van der Waals surface area contributed by atoms with E-state index in [1.807, 2.05) is 23.7 Å². The standard InChI is InChI=1S/C12H12N2OS/c1-2-5-14-6-3-9-10(12(14)15)8-4-7-16-11(8)13-9/h3-4,6-7,13H,2,5H2,1H3. The lowest BCUT2D eigenvalue weighted by atomic mass is 10.2. The molecule has 3 heterocycles. The molecule has 0 aliphatic heterocycles. The van der Waals surface area contributed by atoms with Crippen LogP contribution in [-0.2, 0) is 6.54 Å². The Kier molecular flexibility index (Phi) is 2.11. The molecule has 0 aliphatic carbocycles. The smallest absolute Gasteiger partial charge is 0.260 e. The van der Waals surface area contributed by atoms with E-state index >= 15 is 0 Å². The van der Waals surface area contributed by atoms with Crippen LogP contribution in [0.1, 0.15) is 13.3 Å². The first-order valence-electron chi connectivity index (χ1n) is 5.39. The van der Waals surface area contributed by atoms with E-state index in [4.69, 9.17) is 0 Å². The molecule has 1 N–H and O–H groups in total. The quantitative estimate of drug-likeness (QED) is 0.724. The largest absolute Gasteiger partial charge is 0.346 e. The third kappa shape index (κ3) is 1.23. The van der Waals surface area contributed by atoms with Gasteiger partial charge in [0.05, 0.1) is 10.9 Å². The molecule has 0 aliphatic rings. The van der Waals surface area contributed by atoms with Gasteiger partial charge < -0.3 is 9.55 Å². The Hall–Kier alpha value is -1.55. The highest BCUT2D eigenvalue weighted by atomic mass is 32.1. The summed E-state index contributed by atoms with van der Waals surface area (Å²) < 4.78 is 1.78. The van der Waals surface area contributed by atoms with E-state index in [2.05, 4.69) is 11.9 Å². The molecule has 0 saturated carbocycles. The molecule has 3 aromatic heterocycles. The van der Waals surface area contributed by atoms with Crippen LogP contribution in [0, 0.1) is 0 Å². The fourth-order valence-electron chi connectivity index (χ4n) is 2.08. The monoisotopic (exact) mass is 232 g/mol. The highest BCUT2D eigenvalue weighted by Gasteiger charge is 2.09. The van der Waals surface area contributed by atoms with Gasteiger partial charge in [0.15, 0.2) is 0 Å². The second kappa shape index (κ2) is 3.49. The van der Waals surface area contributed by atoms with Crippen molar-refractivity contribution in [3.63, 3.8) is 0 Å². The molecule has 3 aromatic rings. The zero-order valence-corrected chi connectivity index (χ0v) is 9.80. The lowest BCUT2D eigenvalue weighted by Crippen LogP contribution is -2.18. The average Bonchev–Trinajstić information content (AvgIpc) is 2.81. The maximum absolute atomic E-state index is 12.2. The summed E-state index contributed by atoms with van der Waals surface area (Å²) in [6.07, 6.45) is 2.84. The van der Waals surface area contributed by atoms with Crippen molar-refractivity contribution in [3.05, 3.63) is 34.1 Å². The van der Waals surface area contributed by atoms with Crippen LogP contribution in [0.25, 0.3) is 21.1 Å². The number of pyridine rings is 1. The fourth-order valence-corrected chi connectivity index (χ4v) is 2.89. The number of aromatic nitrogens is 2. The number of aromatic amines is 1. The van der Waals surface area contributed by atoms with Gasteiger partial charge in [-0.05, 0) is 23.9 Å². The number of nitrogens with zero attached hydrogens (tertiary/aromatic N) is 1. The van der Waals surface area contributed by atoms with Crippen LogP contribution in [0.5, 0.6) is 0 Å². The SMILES string of the molecule is CCCn1ccc2[nH]c3sccc3c2c1=O. The normalized spacial score (nSPS) is 11.6. The third-order valence-corrected chi connectivity index (χ3v) is 3.64. The molecular weight excluding hydrogens is 220 g/mol. The van der Waals surface area contributed by atoms with Crippen LogP contribution in [-0.4, -0.2) is 9.55 Å². The summed E-state index contributed by atoms with van der Waals surface area (Å²) >= 11 is 1.64. The van der Waals surface area contributed by atoms with E-state index in [9.17, 15) is 4.79 Å². The van der Waals surface area contributed by atoms with E-state index in [1.54, 1.807) is 15.9 Å². The molecule has 4 heteroatoms. The van der Waals surface area contributed by atoms with Crippen molar-refractivity contribution >= 4 is 32.5 Å². The fraction of sp³-hybridized carbons (Fsp3) is 0.250. The van der Waals surface area contributed by atoms with Gasteiger partial charge in [-0.15, -0.1) is 11.3 Å². The van der Waals surface area contributed by atoms with Crippen LogP contribution < -0.4 is 5.56 Å². The second-order valence-electron chi connectivity index (χ2n) is 3.89. The highest BCUT2D eigenvalue weighted by molar-refractivity contribution is 7.17. The average molecular weight is 232 g/mol. The highest BCUT2D eigenvalue weighted by Crippen LogP contribution is 2.26. The lowest BCUT2D eigenvalue weighted by molar-refractivity contribution is 0.659. The number of H-pyrrole nitrogens is 1. The Morgan fingerprint density at radius 2 is 2.31 bits per heavy atom. The molecule has 0 spiro atoms. The Labute approximate surface area is 96.3 Å². The molecule has 0 unspecified atom stereocenters. The Morgan fingerprint density at radius 1 is 1.44 bits per heavy atom. The van der Waals surface area contributed by atoms with E-state index in [0.717, 1.165) is 34.1 Å². The summed E-state index contributed by atoms with van der Waals surface area (Å²) in [4.78, 5) is 16.6. The van der Waals surface area contributed by atoms with Crippen LogP contribution in [0.3, 0.4) is 0 Å². The third-order valence-electron chi connectivity index (χ3n) is 2.81. The van der Waals surface area contributed by atoms with Gasteiger partial charge in [0.25, 0.3) is 5.56 Å². The Morgan fingerprint density at radius 3 is 3.12 bits per heavy atom. The van der Waals surface area contributed by atoms with Gasteiger partial charge >= 0.3 is 0 Å². The summed E-state index contributed by atoms with van der Waals surface area (Å²) in [6.45, 7) is 2.86. The predicted octanol–water partition coefficient (Wildman–Crippen LogP) is 2.95. The molecule has 0 aromatic carbocycles. The van der Waals surface area contributed by atoms with Crippen LogP contribution in [0.2, 0.25) is 0 Å². The van der Waals surface area contributed by atoms with Gasteiger partial charge in [0.1, 0.15) is 4.83 Å². The van der Waals surface area contributed by atoms with Crippen molar-refractivity contribution in [3.8, 4) is 0 Å². The van der Waals surface area contributed by atoms with Crippen molar-refractivity contribution in [1.29, 1.82) is 0 Å². The molecule has 0 fully saturated rings. The summed E-state index contributed by atoms with van der Waals surface area (Å²) in [6, 6.07) is 4.00. The predicted molar refractivity (Wildman–Crippen MR) is 68.2 cm³/mol. The number of hydrogen-bond donors (Lipinski definition) is 1. The molecule has 16 heavy (non-hydrogen) atoms. The van der Waals surface area contributed by atoms with Gasteiger partial charge in [0, 0.05) is 18.1 Å². The van der Waals surface area contributed by atoms with Crippen LogP contribution >= 0.6 is 11.3 Å². The van der Waals surface area contributed by atoms with Crippen molar-refractivity contribution in [2.75, 3.05) is 0 Å². The van der Waals surface area contributed by atoms with Crippen molar-refractivity contribution in [1.82, 2.24) is 9.55 Å². The van der Waals surface area contributed by atoms with Gasteiger partial charge in [-0.25, -0.2) is 0 Å². The lowest BCUT2D eigenvalue weighted by Gasteiger charge is -2.02. The minimum atomic E-state index is 0.115. The van der Waals surface area contributed by atoms with Crippen LogP contribution in [0.4, 0.5) is 0 Å². The maximum atomic E-state index is 12.2. The first kappa shape index (κ1) is 9.66. The topological polar surface area (TPSA) is 37.8 Å². The van der Waals surface area contributed by atoms with Crippen molar-refractivity contribution in [2.24, 2.45) is 0 Å². The molecule has 0 amide bonds. The van der Waals surface area contributed by atoms with Gasteiger partial charge in [-0.2, -0.15) is 0 Å². The first-order valence-corrected chi connectivity index (χ1v) is 6.27. The number of nitrogens with one attached hydrogen (secondary N) is 1. The molecule has 3 rings (SSSR count). The second-order valence-corrected chi connectivity index (χ2v) is 4.81. The van der Waals surface area contributed by atoms with Crippen LogP contribution in [0.15, 0.2) is 28.5 Å². The Bertz CT molecular complexity index is 705. The summed E-state index contributed by atoms with van der Waals surface area (Å²) in [5.41, 5.74) is 1.06. The molecular formula is C12H12N2OS. The summed E-state index contributed by atoms with van der Waals surface area (Å²) in [5, 5.41) is 3.89. The molecule has 3 nitrogen and oxygen atoms in total. The first-order chi connectivity index (χ1) is 7.81. The minimum absolute atomic E-state index is 0.115. The molecule has 0 bridgehead atoms. The van der Waals surface area contributed by atoms with E-state index in [-0.39, 0.29) is 5.56 Å². The zero-order chi connectivity index (χ0) is 11.1. The van der Waals surface area contributed by atoms with Crippen molar-refractivity contribution in [2.45, 2.75) is 19.9 Å². The van der Waals surface area contributed by atoms with E-state index < -0.39 is 0 Å². The van der Waals surface area contributed by atoms with Gasteiger partial charge in [0.2, 0.25) is 0 Å². The zero-order valence-electron chi connectivity index (χ0n) is 8.99. The number of hydrogen-bond acceptors (Lipinski definition) is 2. The van der Waals surface area contributed by atoms with Gasteiger partial charge in [-0.3, -0.25) is 4.79 Å². The maximum Gasteiger partial charge on any atom is 0.260 e. The number of fused-ring (bicyclic) bond motifs is 3. The van der Waals surface area contributed by atoms with E-state index in [0.29, 0.717) is 0 Å². The molecule has 0 saturated heterocycles. The van der Waals surface area contributed by atoms with Gasteiger partial charge in [-0.1, -0.05) is 6.92 Å². The van der Waals surface area contributed by atoms with E-state index in [1.165, 1.54) is 0 Å². The minimum Gasteiger partial charge on any atom is -0.346 e. The molecule has 82 valence electrons. The Balaban J connectivity index is 2.43. The number of rotatable bonds is 2. The summed E-state index contributed by atoms with van der Waals surface area (Å²) in [7, 11) is 0. The molecule has 0 radical (unpaired) electrons. The molecule has 0 atom stereocenters. The number of aryl methyl sites for hydroxylation is 1. The summed E-state index contributed by atoms with van der Waals surface area (Å²) in [5.74, 6) is 0.